The predicted molar refractivity (Wildman–Crippen MR) is 168 cm³/mol. The largest absolute Gasteiger partial charge is 0.299 e. The van der Waals surface area contributed by atoms with Crippen LogP contribution in [0.5, 0.6) is 0 Å². The number of likely N-dealkylation sites (tertiary alicyclic amines) is 1. The Morgan fingerprint density at radius 2 is 1.44 bits per heavy atom. The van der Waals surface area contributed by atoms with Crippen LogP contribution in [0.2, 0.25) is 5.02 Å². The molecule has 0 unspecified atom stereocenters. The molecule has 3 nitrogen and oxygen atoms in total. The fourth-order valence-corrected chi connectivity index (χ4v) is 6.14. The van der Waals surface area contributed by atoms with Crippen LogP contribution in [0.25, 0.3) is 0 Å². The maximum absolute atomic E-state index is 13.0. The Labute approximate surface area is 251 Å². The van der Waals surface area contributed by atoms with Gasteiger partial charge in [0.2, 0.25) is 0 Å². The third kappa shape index (κ3) is 9.06. The molecule has 0 amide bonds. The Morgan fingerprint density at radius 1 is 0.769 bits per heavy atom. The number of ketones is 1. The van der Waals surface area contributed by atoms with E-state index in [9.17, 15) is 4.79 Å². The SMILES string of the molecule is Cl.Cl.O=C(CCCC1CCN(Cc2ccccc2Cl)CC1)c1ccc2c(c1)CCN(Cc1ccccc1)CC2. The van der Waals surface area contributed by atoms with E-state index in [-0.39, 0.29) is 24.8 Å². The summed E-state index contributed by atoms with van der Waals surface area (Å²) in [5.41, 5.74) is 6.28. The van der Waals surface area contributed by atoms with Gasteiger partial charge in [-0.2, -0.15) is 0 Å². The van der Waals surface area contributed by atoms with Crippen molar-refractivity contribution < 1.29 is 4.79 Å². The zero-order valence-corrected chi connectivity index (χ0v) is 25.1. The van der Waals surface area contributed by atoms with Crippen molar-refractivity contribution in [2.75, 3.05) is 26.2 Å². The van der Waals surface area contributed by atoms with Crippen molar-refractivity contribution in [2.45, 2.75) is 58.0 Å². The number of fused-ring (bicyclic) bond motifs is 1. The molecule has 2 heterocycles. The fraction of sp³-hybridized carbons (Fsp3) is 0.424. The summed E-state index contributed by atoms with van der Waals surface area (Å²) in [5, 5.41) is 0.866. The summed E-state index contributed by atoms with van der Waals surface area (Å²) in [7, 11) is 0. The van der Waals surface area contributed by atoms with Crippen molar-refractivity contribution in [1.82, 2.24) is 9.80 Å². The summed E-state index contributed by atoms with van der Waals surface area (Å²) in [6.07, 6.45) is 7.34. The van der Waals surface area contributed by atoms with Gasteiger partial charge in [-0.05, 0) is 91.9 Å². The number of carbonyl (C=O) groups is 1. The maximum atomic E-state index is 13.0. The molecule has 3 aromatic carbocycles. The molecule has 0 bridgehead atoms. The second-order valence-corrected chi connectivity index (χ2v) is 11.3. The highest BCUT2D eigenvalue weighted by atomic mass is 35.5. The van der Waals surface area contributed by atoms with Crippen LogP contribution < -0.4 is 0 Å². The average Bonchev–Trinajstić information content (AvgIpc) is 3.13. The number of halogens is 3. The highest BCUT2D eigenvalue weighted by Gasteiger charge is 2.21. The molecule has 39 heavy (non-hydrogen) atoms. The molecular formula is C33H41Cl3N2O. The number of rotatable bonds is 9. The highest BCUT2D eigenvalue weighted by Crippen LogP contribution is 2.26. The van der Waals surface area contributed by atoms with E-state index in [1.165, 1.54) is 35.1 Å². The van der Waals surface area contributed by atoms with Gasteiger partial charge in [-0.25, -0.2) is 0 Å². The van der Waals surface area contributed by atoms with Crippen molar-refractivity contribution in [3.05, 3.63) is 106 Å². The highest BCUT2D eigenvalue weighted by molar-refractivity contribution is 6.31. The third-order valence-corrected chi connectivity index (χ3v) is 8.62. The number of hydrogen-bond donors (Lipinski definition) is 0. The Hall–Kier alpha value is -1.88. The van der Waals surface area contributed by atoms with Gasteiger partial charge in [0.1, 0.15) is 0 Å². The van der Waals surface area contributed by atoms with E-state index >= 15 is 0 Å². The number of benzene rings is 3. The van der Waals surface area contributed by atoms with Crippen LogP contribution in [0.4, 0.5) is 0 Å². The zero-order chi connectivity index (χ0) is 25.5. The van der Waals surface area contributed by atoms with E-state index < -0.39 is 0 Å². The number of carbonyl (C=O) groups excluding carboxylic acids is 1. The molecule has 5 rings (SSSR count). The third-order valence-electron chi connectivity index (χ3n) is 8.25. The van der Waals surface area contributed by atoms with Gasteiger partial charge in [0, 0.05) is 43.2 Å². The normalized spacial score (nSPS) is 16.4. The predicted octanol–water partition coefficient (Wildman–Crippen LogP) is 8.05. The second kappa shape index (κ2) is 15.8. The lowest BCUT2D eigenvalue weighted by Gasteiger charge is -2.32. The molecule has 0 atom stereocenters. The standard InChI is InChI=1S/C33H39ClN2O.2ClH/c34-32-11-5-4-10-31(32)25-36-19-15-26(16-20-36)9-6-12-33(37)30-14-13-28-17-21-35(22-18-29(28)23-30)24-27-7-2-1-3-8-27;;/h1-5,7-8,10-11,13-14,23,26H,6,9,12,15-22,24-25H2;2*1H. The average molecular weight is 588 g/mol. The van der Waals surface area contributed by atoms with E-state index in [4.69, 9.17) is 11.6 Å². The van der Waals surface area contributed by atoms with Crippen LogP contribution in [0.3, 0.4) is 0 Å². The number of nitrogens with zero attached hydrogens (tertiary/aromatic N) is 2. The van der Waals surface area contributed by atoms with E-state index in [0.29, 0.717) is 12.2 Å². The first-order valence-corrected chi connectivity index (χ1v) is 14.4. The molecule has 3 aromatic rings. The number of Topliss-reactive ketones (excluding diaryl/α,β-unsaturated/α-hetero) is 1. The minimum atomic E-state index is 0. The number of hydrogen-bond acceptors (Lipinski definition) is 3. The summed E-state index contributed by atoms with van der Waals surface area (Å²) in [6.45, 7) is 6.31. The maximum Gasteiger partial charge on any atom is 0.162 e. The Bertz CT molecular complexity index is 1180. The lowest BCUT2D eigenvalue weighted by molar-refractivity contribution is 0.0974. The molecular weight excluding hydrogens is 547 g/mol. The van der Waals surface area contributed by atoms with Gasteiger partial charge >= 0.3 is 0 Å². The Morgan fingerprint density at radius 3 is 2.18 bits per heavy atom. The topological polar surface area (TPSA) is 23.6 Å². The first-order chi connectivity index (χ1) is 18.1. The first kappa shape index (κ1) is 31.6. The molecule has 0 aliphatic carbocycles. The van der Waals surface area contributed by atoms with Crippen LogP contribution in [-0.4, -0.2) is 41.8 Å². The van der Waals surface area contributed by atoms with Gasteiger partial charge in [-0.1, -0.05) is 72.3 Å². The van der Waals surface area contributed by atoms with Crippen LogP contribution in [0.15, 0.2) is 72.8 Å². The van der Waals surface area contributed by atoms with Crippen molar-refractivity contribution in [2.24, 2.45) is 5.92 Å². The van der Waals surface area contributed by atoms with Gasteiger partial charge < -0.3 is 0 Å². The summed E-state index contributed by atoms with van der Waals surface area (Å²) in [5.74, 6) is 1.04. The van der Waals surface area contributed by atoms with E-state index in [0.717, 1.165) is 81.5 Å². The van der Waals surface area contributed by atoms with E-state index in [2.05, 4.69) is 70.5 Å². The smallest absolute Gasteiger partial charge is 0.162 e. The molecule has 6 heteroatoms. The molecule has 2 aliphatic rings. The van der Waals surface area contributed by atoms with Crippen LogP contribution in [0, 0.1) is 5.92 Å². The van der Waals surface area contributed by atoms with Crippen molar-refractivity contribution in [3.8, 4) is 0 Å². The van der Waals surface area contributed by atoms with Gasteiger partial charge in [0.25, 0.3) is 0 Å². The van der Waals surface area contributed by atoms with Crippen LogP contribution >= 0.6 is 36.4 Å². The molecule has 2 aliphatic heterocycles. The lowest BCUT2D eigenvalue weighted by Crippen LogP contribution is -2.33. The van der Waals surface area contributed by atoms with Crippen LogP contribution in [0.1, 0.15) is 64.7 Å². The van der Waals surface area contributed by atoms with E-state index in [1.54, 1.807) is 0 Å². The van der Waals surface area contributed by atoms with Crippen molar-refractivity contribution in [1.29, 1.82) is 0 Å². The Kier molecular flexibility index (Phi) is 12.8. The monoisotopic (exact) mass is 586 g/mol. The molecule has 1 fully saturated rings. The van der Waals surface area contributed by atoms with Gasteiger partial charge in [-0.3, -0.25) is 14.6 Å². The second-order valence-electron chi connectivity index (χ2n) is 10.9. The molecule has 1 saturated heterocycles. The summed E-state index contributed by atoms with van der Waals surface area (Å²) in [6, 6.07) is 25.4. The minimum Gasteiger partial charge on any atom is -0.299 e. The minimum absolute atomic E-state index is 0. The summed E-state index contributed by atoms with van der Waals surface area (Å²) in [4.78, 5) is 18.1. The molecule has 0 spiro atoms. The molecule has 210 valence electrons. The first-order valence-electron chi connectivity index (χ1n) is 14.0. The quantitative estimate of drug-likeness (QED) is 0.237. The van der Waals surface area contributed by atoms with E-state index in [1.807, 2.05) is 12.1 Å². The van der Waals surface area contributed by atoms with Gasteiger partial charge in [-0.15, -0.1) is 24.8 Å². The summed E-state index contributed by atoms with van der Waals surface area (Å²) >= 11 is 6.34. The van der Waals surface area contributed by atoms with Gasteiger partial charge in [0.05, 0.1) is 0 Å². The lowest BCUT2D eigenvalue weighted by atomic mass is 9.90. The van der Waals surface area contributed by atoms with Crippen LogP contribution in [-0.2, 0) is 25.9 Å². The molecule has 0 N–H and O–H groups in total. The molecule has 0 radical (unpaired) electrons. The number of piperidine rings is 1. The fourth-order valence-electron chi connectivity index (χ4n) is 5.94. The molecule has 0 saturated carbocycles. The molecule has 0 aromatic heterocycles. The van der Waals surface area contributed by atoms with Crippen molar-refractivity contribution >= 4 is 42.2 Å². The van der Waals surface area contributed by atoms with Crippen molar-refractivity contribution in [3.63, 3.8) is 0 Å². The Balaban J connectivity index is 0.00000210. The zero-order valence-electron chi connectivity index (χ0n) is 22.7. The summed E-state index contributed by atoms with van der Waals surface area (Å²) < 4.78 is 0. The van der Waals surface area contributed by atoms with Gasteiger partial charge in [0.15, 0.2) is 5.78 Å².